The Morgan fingerprint density at radius 2 is 1.97 bits per heavy atom. The second-order valence-corrected chi connectivity index (χ2v) is 6.89. The van der Waals surface area contributed by atoms with E-state index < -0.39 is 12.5 Å². The molecule has 1 aliphatic heterocycles. The number of pyridine rings is 1. The Morgan fingerprint density at radius 3 is 2.67 bits per heavy atom. The van der Waals surface area contributed by atoms with Gasteiger partial charge in [0.1, 0.15) is 11.5 Å². The molecule has 3 aromatic rings. The predicted molar refractivity (Wildman–Crippen MR) is 103 cm³/mol. The van der Waals surface area contributed by atoms with Crippen molar-refractivity contribution in [2.24, 2.45) is 0 Å². The number of alkyl halides is 3. The van der Waals surface area contributed by atoms with Crippen molar-refractivity contribution >= 4 is 6.09 Å². The van der Waals surface area contributed by atoms with E-state index in [0.717, 1.165) is 22.4 Å². The molecule has 0 saturated carbocycles. The van der Waals surface area contributed by atoms with Crippen molar-refractivity contribution in [1.29, 1.82) is 0 Å². The highest BCUT2D eigenvalue weighted by molar-refractivity contribution is 5.76. The van der Waals surface area contributed by atoms with Gasteiger partial charge in [0.25, 0.3) is 0 Å². The molecule has 0 aliphatic carbocycles. The molecule has 154 valence electrons. The number of hydrogen-bond donors (Lipinski definition) is 0. The first-order valence-electron chi connectivity index (χ1n) is 9.15. The number of aryl methyl sites for hydroxylation is 1. The fourth-order valence-corrected chi connectivity index (χ4v) is 3.36. The monoisotopic (exact) mass is 414 g/mol. The lowest BCUT2D eigenvalue weighted by Gasteiger charge is -2.28. The van der Waals surface area contributed by atoms with Crippen molar-refractivity contribution in [1.82, 2.24) is 9.88 Å². The molecule has 8 heteroatoms. The highest BCUT2D eigenvalue weighted by Gasteiger charge is 2.31. The first-order valence-corrected chi connectivity index (χ1v) is 9.15. The summed E-state index contributed by atoms with van der Waals surface area (Å²) in [6.45, 7) is 2.37. The molecule has 30 heavy (non-hydrogen) atoms. The second kappa shape index (κ2) is 7.70. The molecular weight excluding hydrogens is 397 g/mol. The first-order chi connectivity index (χ1) is 14.3. The molecule has 2 aromatic carbocycles. The number of nitrogens with zero attached hydrogens (tertiary/aromatic N) is 2. The maximum atomic E-state index is 12.4. The highest BCUT2D eigenvalue weighted by Crippen LogP contribution is 2.34. The van der Waals surface area contributed by atoms with Crippen molar-refractivity contribution in [2.45, 2.75) is 26.4 Å². The van der Waals surface area contributed by atoms with Crippen molar-refractivity contribution in [3.05, 3.63) is 77.6 Å². The number of amides is 1. The largest absolute Gasteiger partial charge is 0.573 e. The molecule has 0 atom stereocenters. The van der Waals surface area contributed by atoms with Crippen LogP contribution in [0.1, 0.15) is 16.8 Å². The minimum Gasteiger partial charge on any atom is -0.410 e. The van der Waals surface area contributed by atoms with Gasteiger partial charge in [-0.05, 0) is 60.0 Å². The van der Waals surface area contributed by atoms with Crippen molar-refractivity contribution in [2.75, 3.05) is 0 Å². The van der Waals surface area contributed by atoms with Gasteiger partial charge in [-0.25, -0.2) is 4.79 Å². The molecule has 5 nitrogen and oxygen atoms in total. The standard InChI is InChI=1S/C22H17F3N2O3/c1-14-10-18(30-22(23,24)25)6-7-19(14)15-5-8-20-16(11-15)12-27(21(28)29-20)13-17-4-2-3-9-26-17/h2-11H,12-13H2,1H3. The smallest absolute Gasteiger partial charge is 0.410 e. The van der Waals surface area contributed by atoms with Crippen LogP contribution in [0, 0.1) is 6.92 Å². The molecule has 0 N–H and O–H groups in total. The second-order valence-electron chi connectivity index (χ2n) is 6.89. The van der Waals surface area contributed by atoms with Crippen LogP contribution in [-0.2, 0) is 13.1 Å². The Hall–Kier alpha value is -3.55. The summed E-state index contributed by atoms with van der Waals surface area (Å²) in [4.78, 5) is 18.1. The molecule has 2 heterocycles. The van der Waals surface area contributed by atoms with Crippen molar-refractivity contribution in [3.63, 3.8) is 0 Å². The van der Waals surface area contributed by atoms with E-state index in [9.17, 15) is 18.0 Å². The summed E-state index contributed by atoms with van der Waals surface area (Å²) < 4.78 is 46.7. The van der Waals surface area contributed by atoms with Gasteiger partial charge in [0.2, 0.25) is 0 Å². The van der Waals surface area contributed by atoms with E-state index >= 15 is 0 Å². The summed E-state index contributed by atoms with van der Waals surface area (Å²) >= 11 is 0. The van der Waals surface area contributed by atoms with Gasteiger partial charge in [-0.1, -0.05) is 18.2 Å². The Morgan fingerprint density at radius 1 is 1.13 bits per heavy atom. The lowest BCUT2D eigenvalue weighted by Crippen LogP contribution is -2.36. The summed E-state index contributed by atoms with van der Waals surface area (Å²) in [7, 11) is 0. The normalized spacial score (nSPS) is 13.6. The summed E-state index contributed by atoms with van der Waals surface area (Å²) in [6.07, 6.45) is -3.53. The van der Waals surface area contributed by atoms with E-state index in [0.29, 0.717) is 24.4 Å². The van der Waals surface area contributed by atoms with Crippen LogP contribution in [0.25, 0.3) is 11.1 Å². The third kappa shape index (κ3) is 4.37. The summed E-state index contributed by atoms with van der Waals surface area (Å²) in [5, 5.41) is 0. The van der Waals surface area contributed by atoms with Gasteiger partial charge in [0, 0.05) is 11.8 Å². The van der Waals surface area contributed by atoms with Crippen LogP contribution in [0.3, 0.4) is 0 Å². The third-order valence-electron chi connectivity index (χ3n) is 4.70. The molecule has 1 aliphatic rings. The fourth-order valence-electron chi connectivity index (χ4n) is 3.36. The van der Waals surface area contributed by atoms with Crippen molar-refractivity contribution < 1.29 is 27.4 Å². The molecule has 0 bridgehead atoms. The molecule has 0 unspecified atom stereocenters. The van der Waals surface area contributed by atoms with Crippen LogP contribution in [0.15, 0.2) is 60.8 Å². The molecule has 0 radical (unpaired) electrons. The highest BCUT2D eigenvalue weighted by atomic mass is 19.4. The van der Waals surface area contributed by atoms with E-state index in [1.807, 2.05) is 18.2 Å². The lowest BCUT2D eigenvalue weighted by molar-refractivity contribution is -0.274. The number of hydrogen-bond acceptors (Lipinski definition) is 4. The molecule has 4 rings (SSSR count). The molecule has 0 saturated heterocycles. The van der Waals surface area contributed by atoms with Crippen LogP contribution >= 0.6 is 0 Å². The fraction of sp³-hybridized carbons (Fsp3) is 0.182. The zero-order valence-electron chi connectivity index (χ0n) is 15.9. The predicted octanol–water partition coefficient (Wildman–Crippen LogP) is 5.47. The Labute approximate surface area is 170 Å². The summed E-state index contributed by atoms with van der Waals surface area (Å²) in [5.41, 5.74) is 3.75. The van der Waals surface area contributed by atoms with Gasteiger partial charge in [-0.15, -0.1) is 13.2 Å². The molecule has 1 amide bonds. The van der Waals surface area contributed by atoms with E-state index in [1.165, 1.54) is 12.1 Å². The quantitative estimate of drug-likeness (QED) is 0.568. The van der Waals surface area contributed by atoms with Crippen LogP contribution in [0.2, 0.25) is 0 Å². The maximum Gasteiger partial charge on any atom is 0.573 e. The zero-order valence-corrected chi connectivity index (χ0v) is 15.9. The number of carbonyl (C=O) groups excluding carboxylic acids is 1. The van der Waals surface area contributed by atoms with Gasteiger partial charge in [-0.3, -0.25) is 9.88 Å². The molecule has 0 fully saturated rings. The Kier molecular flexibility index (Phi) is 5.07. The van der Waals surface area contributed by atoms with E-state index in [4.69, 9.17) is 4.74 Å². The number of carbonyl (C=O) groups is 1. The van der Waals surface area contributed by atoms with Gasteiger partial charge in [-0.2, -0.15) is 0 Å². The van der Waals surface area contributed by atoms with E-state index in [2.05, 4.69) is 9.72 Å². The van der Waals surface area contributed by atoms with Crippen LogP contribution < -0.4 is 9.47 Å². The van der Waals surface area contributed by atoms with Gasteiger partial charge >= 0.3 is 12.5 Å². The Bertz CT molecular complexity index is 1080. The van der Waals surface area contributed by atoms with Crippen molar-refractivity contribution in [3.8, 4) is 22.6 Å². The van der Waals surface area contributed by atoms with E-state index in [-0.39, 0.29) is 5.75 Å². The van der Waals surface area contributed by atoms with Crippen LogP contribution in [0.5, 0.6) is 11.5 Å². The number of ether oxygens (including phenoxy) is 2. The number of halogens is 3. The maximum absolute atomic E-state index is 12.4. The summed E-state index contributed by atoms with van der Waals surface area (Å²) in [5.74, 6) is 0.202. The number of fused-ring (bicyclic) bond motifs is 1. The number of benzene rings is 2. The molecular formula is C22H17F3N2O3. The SMILES string of the molecule is Cc1cc(OC(F)(F)F)ccc1-c1ccc2c(c1)CN(Cc1ccccn1)C(=O)O2. The van der Waals surface area contributed by atoms with E-state index in [1.54, 1.807) is 42.3 Å². The third-order valence-corrected chi connectivity index (χ3v) is 4.70. The minimum atomic E-state index is -4.74. The number of aromatic nitrogens is 1. The van der Waals surface area contributed by atoms with Crippen LogP contribution in [0.4, 0.5) is 18.0 Å². The molecule has 0 spiro atoms. The van der Waals surface area contributed by atoms with Crippen LogP contribution in [-0.4, -0.2) is 22.3 Å². The minimum absolute atomic E-state index is 0.267. The first kappa shape index (κ1) is 19.8. The average Bonchev–Trinajstić information content (AvgIpc) is 2.68. The van der Waals surface area contributed by atoms with Gasteiger partial charge in [0.15, 0.2) is 0 Å². The molecule has 1 aromatic heterocycles. The average molecular weight is 414 g/mol. The van der Waals surface area contributed by atoms with Gasteiger partial charge < -0.3 is 9.47 Å². The lowest BCUT2D eigenvalue weighted by atomic mass is 9.97. The topological polar surface area (TPSA) is 51.7 Å². The number of rotatable bonds is 4. The van der Waals surface area contributed by atoms with Gasteiger partial charge in [0.05, 0.1) is 18.8 Å². The summed E-state index contributed by atoms with van der Waals surface area (Å²) in [6, 6.07) is 15.0. The zero-order chi connectivity index (χ0) is 21.3. The Balaban J connectivity index is 1.58.